The van der Waals surface area contributed by atoms with E-state index in [4.69, 9.17) is 9.47 Å². The summed E-state index contributed by atoms with van der Waals surface area (Å²) in [5, 5.41) is 0. The SMILES string of the molecule is Cc1cc2c(c(C3(N=C=O)CCC3)c1C)OCCO2. The van der Waals surface area contributed by atoms with Gasteiger partial charge in [-0.25, -0.2) is 4.79 Å². The molecule has 0 bridgehead atoms. The number of aliphatic imine (C=N–C) groups is 1. The monoisotopic (exact) mass is 259 g/mol. The van der Waals surface area contributed by atoms with Crippen LogP contribution in [0.1, 0.15) is 36.0 Å². The van der Waals surface area contributed by atoms with Gasteiger partial charge in [0.15, 0.2) is 11.5 Å². The Labute approximate surface area is 112 Å². The number of carbonyl (C=O) groups excluding carboxylic acids is 1. The zero-order chi connectivity index (χ0) is 13.5. The van der Waals surface area contributed by atoms with Gasteiger partial charge in [-0.2, -0.15) is 4.99 Å². The number of aryl methyl sites for hydroxylation is 1. The van der Waals surface area contributed by atoms with Gasteiger partial charge in [0.2, 0.25) is 6.08 Å². The molecular weight excluding hydrogens is 242 g/mol. The Morgan fingerprint density at radius 1 is 1.26 bits per heavy atom. The number of hydrogen-bond donors (Lipinski definition) is 0. The third kappa shape index (κ3) is 1.75. The van der Waals surface area contributed by atoms with Gasteiger partial charge in [0.25, 0.3) is 0 Å². The van der Waals surface area contributed by atoms with E-state index in [1.165, 1.54) is 0 Å². The number of rotatable bonds is 2. The number of ether oxygens (including phenoxy) is 2. The van der Waals surface area contributed by atoms with Crippen molar-refractivity contribution in [2.24, 2.45) is 4.99 Å². The summed E-state index contributed by atoms with van der Waals surface area (Å²) in [5.74, 6) is 1.55. The molecule has 0 N–H and O–H groups in total. The molecule has 100 valence electrons. The number of hydrogen-bond acceptors (Lipinski definition) is 4. The largest absolute Gasteiger partial charge is 0.486 e. The second-order valence-corrected chi connectivity index (χ2v) is 5.31. The smallest absolute Gasteiger partial charge is 0.235 e. The summed E-state index contributed by atoms with van der Waals surface area (Å²) in [6.07, 6.45) is 4.57. The molecule has 19 heavy (non-hydrogen) atoms. The van der Waals surface area contributed by atoms with Crippen LogP contribution in [0.5, 0.6) is 11.5 Å². The maximum atomic E-state index is 10.8. The molecule has 1 fully saturated rings. The van der Waals surface area contributed by atoms with Crippen molar-refractivity contribution in [3.05, 3.63) is 22.8 Å². The number of nitrogens with zero attached hydrogens (tertiary/aromatic N) is 1. The molecule has 0 atom stereocenters. The Hall–Kier alpha value is -1.80. The molecule has 1 aromatic rings. The fourth-order valence-electron chi connectivity index (χ4n) is 2.98. The standard InChI is InChI=1S/C15H17NO3/c1-10-8-12-14(19-7-6-18-12)13(11(10)2)15(16-9-17)4-3-5-15/h8H,3-7H2,1-2H3. The number of benzene rings is 1. The Morgan fingerprint density at radius 2 is 2.00 bits per heavy atom. The van der Waals surface area contributed by atoms with Crippen LogP contribution in [0.15, 0.2) is 11.1 Å². The van der Waals surface area contributed by atoms with E-state index in [0.717, 1.165) is 47.5 Å². The average molecular weight is 259 g/mol. The summed E-state index contributed by atoms with van der Waals surface area (Å²) >= 11 is 0. The minimum Gasteiger partial charge on any atom is -0.486 e. The molecule has 1 aliphatic carbocycles. The number of isocyanates is 1. The molecular formula is C15H17NO3. The molecule has 0 amide bonds. The quantitative estimate of drug-likeness (QED) is 0.606. The topological polar surface area (TPSA) is 47.9 Å². The van der Waals surface area contributed by atoms with Gasteiger partial charge >= 0.3 is 0 Å². The summed E-state index contributed by atoms with van der Waals surface area (Å²) in [4.78, 5) is 14.9. The average Bonchev–Trinajstić information content (AvgIpc) is 2.36. The first kappa shape index (κ1) is 12.2. The Kier molecular flexibility index (Phi) is 2.83. The normalized spacial score (nSPS) is 19.3. The van der Waals surface area contributed by atoms with Gasteiger partial charge in [-0.3, -0.25) is 0 Å². The molecule has 0 unspecified atom stereocenters. The van der Waals surface area contributed by atoms with E-state index in [0.29, 0.717) is 13.2 Å². The first-order valence-corrected chi connectivity index (χ1v) is 6.67. The molecule has 4 heteroatoms. The highest BCUT2D eigenvalue weighted by Crippen LogP contribution is 2.53. The van der Waals surface area contributed by atoms with Gasteiger partial charge in [-0.15, -0.1) is 0 Å². The van der Waals surface area contributed by atoms with Crippen molar-refractivity contribution in [1.82, 2.24) is 0 Å². The van der Waals surface area contributed by atoms with Crippen molar-refractivity contribution in [3.8, 4) is 11.5 Å². The van der Waals surface area contributed by atoms with Gasteiger partial charge in [0.05, 0.1) is 0 Å². The van der Waals surface area contributed by atoms with Crippen LogP contribution in [-0.2, 0) is 10.3 Å². The highest BCUT2D eigenvalue weighted by molar-refractivity contribution is 5.59. The predicted molar refractivity (Wildman–Crippen MR) is 70.6 cm³/mol. The van der Waals surface area contributed by atoms with Crippen LogP contribution in [-0.4, -0.2) is 19.3 Å². The minimum atomic E-state index is -0.442. The van der Waals surface area contributed by atoms with E-state index in [1.54, 1.807) is 6.08 Å². The van der Waals surface area contributed by atoms with E-state index < -0.39 is 5.54 Å². The summed E-state index contributed by atoms with van der Waals surface area (Å²) < 4.78 is 11.5. The maximum absolute atomic E-state index is 10.8. The molecule has 0 radical (unpaired) electrons. The predicted octanol–water partition coefficient (Wildman–Crippen LogP) is 2.79. The van der Waals surface area contributed by atoms with Crippen molar-refractivity contribution < 1.29 is 14.3 Å². The highest BCUT2D eigenvalue weighted by atomic mass is 16.6. The zero-order valence-corrected chi connectivity index (χ0v) is 11.3. The van der Waals surface area contributed by atoms with E-state index in [9.17, 15) is 4.79 Å². The molecule has 2 aliphatic rings. The molecule has 1 aliphatic heterocycles. The highest BCUT2D eigenvalue weighted by Gasteiger charge is 2.44. The van der Waals surface area contributed by atoms with Gasteiger partial charge in [0, 0.05) is 5.56 Å². The van der Waals surface area contributed by atoms with Crippen LogP contribution in [0.25, 0.3) is 0 Å². The summed E-state index contributed by atoms with van der Waals surface area (Å²) in [5.41, 5.74) is 2.87. The lowest BCUT2D eigenvalue weighted by Crippen LogP contribution is -2.34. The zero-order valence-electron chi connectivity index (χ0n) is 11.3. The molecule has 3 rings (SSSR count). The Bertz CT molecular complexity index is 569. The van der Waals surface area contributed by atoms with E-state index >= 15 is 0 Å². The minimum absolute atomic E-state index is 0.442. The summed E-state index contributed by atoms with van der Waals surface area (Å²) in [6.45, 7) is 5.22. The third-order valence-electron chi connectivity index (χ3n) is 4.26. The molecule has 1 aromatic carbocycles. The van der Waals surface area contributed by atoms with Crippen LogP contribution in [0, 0.1) is 13.8 Å². The van der Waals surface area contributed by atoms with Gasteiger partial charge < -0.3 is 9.47 Å². The lowest BCUT2D eigenvalue weighted by Gasteiger charge is -2.40. The maximum Gasteiger partial charge on any atom is 0.235 e. The van der Waals surface area contributed by atoms with Crippen LogP contribution in [0.2, 0.25) is 0 Å². The second-order valence-electron chi connectivity index (χ2n) is 5.31. The third-order valence-corrected chi connectivity index (χ3v) is 4.26. The lowest BCUT2D eigenvalue weighted by atomic mass is 9.70. The van der Waals surface area contributed by atoms with Gasteiger partial charge in [-0.05, 0) is 50.3 Å². The van der Waals surface area contributed by atoms with Gasteiger partial charge in [-0.1, -0.05) is 0 Å². The fourth-order valence-corrected chi connectivity index (χ4v) is 2.98. The molecule has 0 spiro atoms. The van der Waals surface area contributed by atoms with Crippen molar-refractivity contribution >= 4 is 6.08 Å². The Balaban J connectivity index is 2.24. The Morgan fingerprint density at radius 3 is 2.63 bits per heavy atom. The molecule has 0 aromatic heterocycles. The van der Waals surface area contributed by atoms with E-state index in [2.05, 4.69) is 11.9 Å². The first-order chi connectivity index (χ1) is 9.18. The van der Waals surface area contributed by atoms with Crippen molar-refractivity contribution in [1.29, 1.82) is 0 Å². The molecule has 0 saturated heterocycles. The molecule has 1 saturated carbocycles. The fraction of sp³-hybridized carbons (Fsp3) is 0.533. The van der Waals surface area contributed by atoms with Crippen LogP contribution >= 0.6 is 0 Å². The van der Waals surface area contributed by atoms with Crippen molar-refractivity contribution in [3.63, 3.8) is 0 Å². The number of fused-ring (bicyclic) bond motifs is 1. The van der Waals surface area contributed by atoms with E-state index in [-0.39, 0.29) is 0 Å². The lowest BCUT2D eigenvalue weighted by molar-refractivity contribution is 0.159. The molecule has 4 nitrogen and oxygen atoms in total. The summed E-state index contributed by atoms with van der Waals surface area (Å²) in [6, 6.07) is 2.00. The van der Waals surface area contributed by atoms with Crippen molar-refractivity contribution in [2.75, 3.05) is 13.2 Å². The van der Waals surface area contributed by atoms with Gasteiger partial charge in [0.1, 0.15) is 18.8 Å². The van der Waals surface area contributed by atoms with Crippen molar-refractivity contribution in [2.45, 2.75) is 38.6 Å². The van der Waals surface area contributed by atoms with Crippen LogP contribution in [0.3, 0.4) is 0 Å². The molecule has 1 heterocycles. The van der Waals surface area contributed by atoms with Crippen LogP contribution in [0.4, 0.5) is 0 Å². The van der Waals surface area contributed by atoms with Crippen LogP contribution < -0.4 is 9.47 Å². The second kappa shape index (κ2) is 4.39. The van der Waals surface area contributed by atoms with E-state index in [1.807, 2.05) is 13.0 Å². The first-order valence-electron chi connectivity index (χ1n) is 6.67. The summed E-state index contributed by atoms with van der Waals surface area (Å²) in [7, 11) is 0.